The van der Waals surface area contributed by atoms with E-state index in [1.165, 1.54) is 28.7 Å². The fourth-order valence-electron chi connectivity index (χ4n) is 4.91. The van der Waals surface area contributed by atoms with E-state index in [0.29, 0.717) is 29.8 Å². The first-order valence-corrected chi connectivity index (χ1v) is 13.7. The molecule has 2 aromatic carbocycles. The molecular formula is C27H25ClF3N3O2S. The van der Waals surface area contributed by atoms with E-state index in [1.807, 2.05) is 6.07 Å². The first kappa shape index (κ1) is 27.1. The molecule has 0 amide bonds. The molecule has 1 aliphatic rings. The van der Waals surface area contributed by atoms with Crippen molar-refractivity contribution in [3.05, 3.63) is 94.1 Å². The number of benzene rings is 2. The molecule has 2 heterocycles. The summed E-state index contributed by atoms with van der Waals surface area (Å²) < 4.78 is 68.7. The number of aromatic nitrogens is 1. The second-order valence-corrected chi connectivity index (χ2v) is 11.5. The van der Waals surface area contributed by atoms with Gasteiger partial charge in [0.05, 0.1) is 16.1 Å². The standard InChI is InChI=1S/C27H25ClF3N3O2S/c28-25-15-19(9-11-22(25)17-32)8-10-20(16-21-5-1-2-6-24(21)27(29,30)31)23-12-14-34(18-23)37(35,36)26-7-3-4-13-33-26/h1-7,9,11,13,15,20,23H,8,10,12,14,16,18H2. The van der Waals surface area contributed by atoms with Crippen LogP contribution in [0.1, 0.15) is 35.1 Å². The van der Waals surface area contributed by atoms with Gasteiger partial charge in [-0.05, 0) is 79.0 Å². The molecule has 3 aromatic rings. The number of pyridine rings is 1. The summed E-state index contributed by atoms with van der Waals surface area (Å²) in [6.07, 6.45) is -1.28. The molecule has 10 heteroatoms. The van der Waals surface area contributed by atoms with Crippen LogP contribution in [0.5, 0.6) is 0 Å². The van der Waals surface area contributed by atoms with Crippen LogP contribution in [0.15, 0.2) is 71.9 Å². The van der Waals surface area contributed by atoms with Crippen LogP contribution in [-0.2, 0) is 29.0 Å². The Bertz CT molecular complexity index is 1390. The van der Waals surface area contributed by atoms with Crippen LogP contribution in [0.4, 0.5) is 13.2 Å². The van der Waals surface area contributed by atoms with Gasteiger partial charge in [-0.1, -0.05) is 41.9 Å². The van der Waals surface area contributed by atoms with Crippen LogP contribution in [-0.4, -0.2) is 30.8 Å². The molecule has 1 saturated heterocycles. The lowest BCUT2D eigenvalue weighted by atomic mass is 9.81. The highest BCUT2D eigenvalue weighted by atomic mass is 35.5. The quantitative estimate of drug-likeness (QED) is 0.340. The summed E-state index contributed by atoms with van der Waals surface area (Å²) >= 11 is 6.17. The molecule has 0 aliphatic carbocycles. The van der Waals surface area contributed by atoms with Crippen molar-refractivity contribution in [3.63, 3.8) is 0 Å². The second kappa shape index (κ2) is 11.2. The molecule has 1 aromatic heterocycles. The summed E-state index contributed by atoms with van der Waals surface area (Å²) in [4.78, 5) is 3.98. The molecule has 0 spiro atoms. The minimum Gasteiger partial charge on any atom is -0.243 e. The first-order valence-electron chi connectivity index (χ1n) is 11.8. The Balaban J connectivity index is 1.58. The molecule has 1 aliphatic heterocycles. The molecular weight excluding hydrogens is 523 g/mol. The lowest BCUT2D eigenvalue weighted by molar-refractivity contribution is -0.138. The van der Waals surface area contributed by atoms with Gasteiger partial charge in [0.15, 0.2) is 5.03 Å². The third-order valence-corrected chi connectivity index (χ3v) is 8.95. The molecule has 0 bridgehead atoms. The largest absolute Gasteiger partial charge is 0.416 e. The Kier molecular flexibility index (Phi) is 8.22. The molecule has 0 N–H and O–H groups in total. The minimum absolute atomic E-state index is 0.0400. The van der Waals surface area contributed by atoms with Crippen molar-refractivity contribution in [2.45, 2.75) is 36.9 Å². The molecule has 37 heavy (non-hydrogen) atoms. The number of nitrogens with zero attached hydrogens (tertiary/aromatic N) is 3. The summed E-state index contributed by atoms with van der Waals surface area (Å²) in [6, 6.07) is 17.3. The van der Waals surface area contributed by atoms with Gasteiger partial charge in [-0.15, -0.1) is 0 Å². The number of halogens is 4. The number of aryl methyl sites for hydroxylation is 1. The van der Waals surface area contributed by atoms with Gasteiger partial charge in [0.25, 0.3) is 10.0 Å². The van der Waals surface area contributed by atoms with E-state index in [1.54, 1.807) is 36.4 Å². The Labute approximate surface area is 219 Å². The first-order chi connectivity index (χ1) is 17.6. The SMILES string of the molecule is N#Cc1ccc(CCC(Cc2ccccc2C(F)(F)F)C2CCN(S(=O)(=O)c3ccccn3)C2)cc1Cl. The van der Waals surface area contributed by atoms with Gasteiger partial charge in [-0.3, -0.25) is 0 Å². The summed E-state index contributed by atoms with van der Waals surface area (Å²) in [6.45, 7) is 0.496. The maximum absolute atomic E-state index is 13.7. The summed E-state index contributed by atoms with van der Waals surface area (Å²) in [5.74, 6) is -0.338. The van der Waals surface area contributed by atoms with E-state index in [-0.39, 0.29) is 41.9 Å². The zero-order valence-electron chi connectivity index (χ0n) is 19.8. The molecule has 5 nitrogen and oxygen atoms in total. The number of nitriles is 1. The maximum Gasteiger partial charge on any atom is 0.416 e. The Morgan fingerprint density at radius 3 is 2.57 bits per heavy atom. The smallest absolute Gasteiger partial charge is 0.243 e. The predicted octanol–water partition coefficient (Wildman–Crippen LogP) is 6.13. The van der Waals surface area contributed by atoms with E-state index in [2.05, 4.69) is 4.98 Å². The molecule has 0 saturated carbocycles. The minimum atomic E-state index is -4.48. The van der Waals surface area contributed by atoms with Crippen LogP contribution in [0.2, 0.25) is 5.02 Å². The van der Waals surface area contributed by atoms with Crippen molar-refractivity contribution >= 4 is 21.6 Å². The van der Waals surface area contributed by atoms with Crippen molar-refractivity contribution in [2.75, 3.05) is 13.1 Å². The van der Waals surface area contributed by atoms with Crippen LogP contribution < -0.4 is 0 Å². The van der Waals surface area contributed by atoms with Crippen molar-refractivity contribution in [1.82, 2.24) is 9.29 Å². The van der Waals surface area contributed by atoms with Gasteiger partial charge >= 0.3 is 6.18 Å². The Morgan fingerprint density at radius 1 is 1.14 bits per heavy atom. The van der Waals surface area contributed by atoms with E-state index in [9.17, 15) is 21.6 Å². The van der Waals surface area contributed by atoms with Crippen molar-refractivity contribution in [2.24, 2.45) is 11.8 Å². The van der Waals surface area contributed by atoms with E-state index >= 15 is 0 Å². The van der Waals surface area contributed by atoms with Crippen molar-refractivity contribution in [1.29, 1.82) is 5.26 Å². The molecule has 4 rings (SSSR count). The number of hydrogen-bond donors (Lipinski definition) is 0. The highest BCUT2D eigenvalue weighted by Crippen LogP contribution is 2.37. The zero-order chi connectivity index (χ0) is 26.6. The Morgan fingerprint density at radius 2 is 1.89 bits per heavy atom. The second-order valence-electron chi connectivity index (χ2n) is 9.16. The molecule has 2 unspecified atom stereocenters. The lowest BCUT2D eigenvalue weighted by Crippen LogP contribution is -2.31. The van der Waals surface area contributed by atoms with Gasteiger partial charge in [0.2, 0.25) is 0 Å². The molecule has 0 radical (unpaired) electrons. The third-order valence-electron chi connectivity index (χ3n) is 6.86. The number of sulfonamides is 1. The van der Waals surface area contributed by atoms with Gasteiger partial charge in [0, 0.05) is 19.3 Å². The molecule has 194 valence electrons. The van der Waals surface area contributed by atoms with Gasteiger partial charge in [0.1, 0.15) is 6.07 Å². The normalized spacial score (nSPS) is 17.4. The fourth-order valence-corrected chi connectivity index (χ4v) is 6.60. The van der Waals surface area contributed by atoms with Crippen LogP contribution in [0.3, 0.4) is 0 Å². The number of hydrogen-bond acceptors (Lipinski definition) is 4. The van der Waals surface area contributed by atoms with Crippen LogP contribution in [0, 0.1) is 23.2 Å². The van der Waals surface area contributed by atoms with Crippen molar-refractivity contribution in [3.8, 4) is 6.07 Å². The van der Waals surface area contributed by atoms with E-state index < -0.39 is 21.8 Å². The highest BCUT2D eigenvalue weighted by Gasteiger charge is 2.38. The molecule has 1 fully saturated rings. The van der Waals surface area contributed by atoms with E-state index in [4.69, 9.17) is 16.9 Å². The predicted molar refractivity (Wildman–Crippen MR) is 134 cm³/mol. The maximum atomic E-state index is 13.7. The summed E-state index contributed by atoms with van der Waals surface area (Å²) in [7, 11) is -3.80. The van der Waals surface area contributed by atoms with Crippen LogP contribution in [0.25, 0.3) is 0 Å². The Hall–Kier alpha value is -2.93. The number of alkyl halides is 3. The third kappa shape index (κ3) is 6.32. The average molecular weight is 548 g/mol. The van der Waals surface area contributed by atoms with Gasteiger partial charge < -0.3 is 0 Å². The highest BCUT2D eigenvalue weighted by molar-refractivity contribution is 7.89. The topological polar surface area (TPSA) is 74.1 Å². The van der Waals surface area contributed by atoms with E-state index in [0.717, 1.165) is 11.6 Å². The average Bonchev–Trinajstić information content (AvgIpc) is 3.38. The zero-order valence-corrected chi connectivity index (χ0v) is 21.4. The van der Waals surface area contributed by atoms with Crippen molar-refractivity contribution < 1.29 is 21.6 Å². The van der Waals surface area contributed by atoms with Gasteiger partial charge in [-0.2, -0.15) is 22.7 Å². The fraction of sp³-hybridized carbons (Fsp3) is 0.333. The summed E-state index contributed by atoms with van der Waals surface area (Å²) in [5.41, 5.74) is 0.752. The molecule has 2 atom stereocenters. The number of rotatable bonds is 8. The van der Waals surface area contributed by atoms with Crippen LogP contribution >= 0.6 is 11.6 Å². The summed E-state index contributed by atoms with van der Waals surface area (Å²) in [5, 5.41) is 9.40. The monoisotopic (exact) mass is 547 g/mol. The lowest BCUT2D eigenvalue weighted by Gasteiger charge is -2.26. The van der Waals surface area contributed by atoms with Gasteiger partial charge in [-0.25, -0.2) is 13.4 Å².